The summed E-state index contributed by atoms with van der Waals surface area (Å²) in [6.07, 6.45) is 62.3. The van der Waals surface area contributed by atoms with E-state index in [2.05, 4.69) is 149 Å². The lowest BCUT2D eigenvalue weighted by atomic mass is 9.46. The van der Waals surface area contributed by atoms with Gasteiger partial charge >= 0.3 is 0 Å². The van der Waals surface area contributed by atoms with E-state index in [0.29, 0.717) is 67.0 Å². The standard InChI is InChI=1S/3C27H46O2.C27H46O/c1-17(2)6-11-25(29)18(3)22-9-10-23-21-8-7-19-16-20(28)12-14-26(19,4)24(21)13-15-27(22,23)5;1-18(7-6-14-25(2,3)29)22-10-11-23-21-9-8-19-17-20(28)12-15-26(19,4)24(21)13-16-27(22,23)5;1-18(2)7-6-14-27(5,29)24-11-10-22-21-9-8-19-17-20(28)12-15-25(19,3)23(21)13-16-26(22,24)4;1-18(2)7-6-8-19(3)23-11-12-24-22-10-9-20-17-21(28)13-15-26(20,4)25(22)14-16-27(23,24)5/h7,17-18,20-25,28-29H,6,8-16H2,1-5H3;2*8,18,20-24,28-29H,6-7,9-17H2,1-5H3;9,18-19,21-25,28H,6-8,10-17H2,1-5H3/t18?,20-,21?,22+,23?,24?,25+,26-,27+;18?,20-,21?,22?,23?,24?,26-,27+;20-,21?,22?,23?,24?,25-,26-,27+;19?,21-,22?,23?,24?,25?,26-,27+/m0000/s1. The minimum Gasteiger partial charge on any atom is -0.393 e. The van der Waals surface area contributed by atoms with E-state index < -0.39 is 11.2 Å². The molecule has 0 aromatic carbocycles. The van der Waals surface area contributed by atoms with Crippen molar-refractivity contribution in [1.82, 2.24) is 0 Å². The molecule has 0 spiro atoms. The summed E-state index contributed by atoms with van der Waals surface area (Å²) < 4.78 is 0. The van der Waals surface area contributed by atoms with E-state index in [0.717, 1.165) is 196 Å². The lowest BCUT2D eigenvalue weighted by Crippen LogP contribution is -2.53. The lowest BCUT2D eigenvalue weighted by Gasteiger charge is -2.59. The van der Waals surface area contributed by atoms with Crippen LogP contribution in [0.25, 0.3) is 0 Å². The summed E-state index contributed by atoms with van der Waals surface area (Å²) in [6.45, 7) is 47.9. The molecule has 0 aromatic rings. The van der Waals surface area contributed by atoms with Gasteiger partial charge in [0.15, 0.2) is 0 Å². The van der Waals surface area contributed by atoms with Gasteiger partial charge in [-0.3, -0.25) is 0 Å². The largest absolute Gasteiger partial charge is 0.393 e. The third-order valence-corrected chi connectivity index (χ3v) is 41.3. The van der Waals surface area contributed by atoms with Gasteiger partial charge in [-0.15, -0.1) is 0 Å². The summed E-state index contributed by atoms with van der Waals surface area (Å²) in [6, 6.07) is 0. The molecule has 115 heavy (non-hydrogen) atoms. The number of aliphatic hydroxyl groups excluding tert-OH is 5. The van der Waals surface area contributed by atoms with Crippen molar-refractivity contribution in [2.24, 2.45) is 174 Å². The fraction of sp³-hybridized carbons (Fsp3) is 0.926. The van der Waals surface area contributed by atoms with Crippen molar-refractivity contribution < 1.29 is 35.7 Å². The fourth-order valence-corrected chi connectivity index (χ4v) is 34.6. The predicted molar refractivity (Wildman–Crippen MR) is 481 cm³/mol. The van der Waals surface area contributed by atoms with Crippen LogP contribution in [-0.2, 0) is 0 Å². The molecule has 16 rings (SSSR count). The van der Waals surface area contributed by atoms with Crippen LogP contribution in [0.1, 0.15) is 415 Å². The highest BCUT2D eigenvalue weighted by molar-refractivity contribution is 5.30. The lowest BCUT2D eigenvalue weighted by molar-refractivity contribution is -0.105. The van der Waals surface area contributed by atoms with Crippen molar-refractivity contribution in [1.29, 1.82) is 0 Å². The normalized spacial score (nSPS) is 46.3. The minimum atomic E-state index is -0.519. The van der Waals surface area contributed by atoms with Crippen molar-refractivity contribution in [2.45, 2.75) is 456 Å². The zero-order chi connectivity index (χ0) is 83.1. The molecule has 0 bridgehead atoms. The zero-order valence-electron chi connectivity index (χ0n) is 78.4. The summed E-state index contributed by atoms with van der Waals surface area (Å²) in [5.41, 5.74) is 8.56. The van der Waals surface area contributed by atoms with Crippen LogP contribution in [0.15, 0.2) is 46.6 Å². The van der Waals surface area contributed by atoms with Crippen LogP contribution in [0.2, 0.25) is 0 Å². The minimum absolute atomic E-state index is 0.0766. The molecule has 12 saturated carbocycles. The van der Waals surface area contributed by atoms with Crippen LogP contribution >= 0.6 is 0 Å². The Morgan fingerprint density at radius 3 is 0.991 bits per heavy atom. The SMILES string of the molecule is CC(C)CCCC(C)C1CCC2C3CC=C4C[C@@H](O)CC[C@]4(C)C3CC[C@]12C.CC(C)CCC[C@@](C)(O)C1CCC2C3CC=C4C[C@@H](O)CC[C@]4(C)C3CC[C@@]21C.CC(C)CC[C@@H](O)C(C)[C@H]1CCC2C3CC=C4C[C@@H](O)CC[C@]4(C)C3CC[C@@]21C.CC(CCCC(C)(C)O)C1CCC2C3CC=C4C[C@@H](O)CC[C@]4(C)C3CC[C@]12C. The molecule has 16 aliphatic rings. The Labute approximate surface area is 708 Å². The fourth-order valence-electron chi connectivity index (χ4n) is 34.6. The van der Waals surface area contributed by atoms with E-state index in [4.69, 9.17) is 0 Å². The first-order chi connectivity index (χ1) is 54.0. The Hall–Kier alpha value is -1.32. The van der Waals surface area contributed by atoms with Gasteiger partial charge < -0.3 is 35.7 Å². The molecule has 7 N–H and O–H groups in total. The van der Waals surface area contributed by atoms with Gasteiger partial charge in [-0.1, -0.05) is 209 Å². The van der Waals surface area contributed by atoms with E-state index in [1.54, 1.807) is 22.3 Å². The molecule has 33 atom stereocenters. The van der Waals surface area contributed by atoms with Crippen LogP contribution in [0, 0.1) is 174 Å². The summed E-state index contributed by atoms with van der Waals surface area (Å²) in [4.78, 5) is 0. The van der Waals surface area contributed by atoms with Crippen molar-refractivity contribution >= 4 is 0 Å². The van der Waals surface area contributed by atoms with Gasteiger partial charge in [-0.05, 0) is 425 Å². The maximum Gasteiger partial charge on any atom is 0.0653 e. The molecule has 658 valence electrons. The van der Waals surface area contributed by atoms with Crippen molar-refractivity contribution in [3.05, 3.63) is 46.6 Å². The first-order valence-corrected chi connectivity index (χ1v) is 50.7. The predicted octanol–water partition coefficient (Wildman–Crippen LogP) is 26.8. The molecule has 0 aliphatic heterocycles. The average molecular weight is 1590 g/mol. The molecule has 16 aliphatic carbocycles. The number of rotatable bonds is 20. The summed E-state index contributed by atoms with van der Waals surface area (Å²) in [7, 11) is 0. The smallest absolute Gasteiger partial charge is 0.0653 e. The van der Waals surface area contributed by atoms with E-state index in [-0.39, 0.29) is 30.5 Å². The van der Waals surface area contributed by atoms with Crippen LogP contribution in [0.4, 0.5) is 0 Å². The highest BCUT2D eigenvalue weighted by atomic mass is 16.3. The van der Waals surface area contributed by atoms with Crippen LogP contribution in [0.5, 0.6) is 0 Å². The summed E-state index contributed by atoms with van der Waals surface area (Å²) in [5.74, 6) is 17.5. The third kappa shape index (κ3) is 17.9. The molecule has 18 unspecified atom stereocenters. The van der Waals surface area contributed by atoms with Gasteiger partial charge in [-0.25, -0.2) is 0 Å². The Kier molecular flexibility index (Phi) is 28.3. The molecule has 12 fully saturated rings. The van der Waals surface area contributed by atoms with Crippen LogP contribution in [-0.4, -0.2) is 77.5 Å². The molecule has 0 amide bonds. The number of aliphatic hydroxyl groups is 7. The van der Waals surface area contributed by atoms with Crippen molar-refractivity contribution in [3.63, 3.8) is 0 Å². The zero-order valence-corrected chi connectivity index (χ0v) is 78.4. The first kappa shape index (κ1) is 91.4. The van der Waals surface area contributed by atoms with Crippen LogP contribution < -0.4 is 0 Å². The Bertz CT molecular complexity index is 3340. The monoisotopic (exact) mass is 1590 g/mol. The molecule has 7 heteroatoms. The maximum atomic E-state index is 11.6. The van der Waals surface area contributed by atoms with Gasteiger partial charge in [0.25, 0.3) is 0 Å². The second kappa shape index (κ2) is 35.6. The van der Waals surface area contributed by atoms with E-state index in [1.807, 2.05) is 13.8 Å². The van der Waals surface area contributed by atoms with Crippen molar-refractivity contribution in [2.75, 3.05) is 0 Å². The average Bonchev–Trinajstić information content (AvgIpc) is 1.63. The molecular formula is C108H184O7. The molecule has 0 aromatic heterocycles. The summed E-state index contributed by atoms with van der Waals surface area (Å²) >= 11 is 0. The first-order valence-electron chi connectivity index (χ1n) is 50.7. The number of hydrogen-bond acceptors (Lipinski definition) is 7. The third-order valence-electron chi connectivity index (χ3n) is 41.3. The second-order valence-electron chi connectivity index (χ2n) is 49.5. The number of allylic oxidation sites excluding steroid dienone is 4. The molecule has 0 radical (unpaired) electrons. The van der Waals surface area contributed by atoms with Gasteiger partial charge in [-0.2, -0.15) is 0 Å². The van der Waals surface area contributed by atoms with E-state index in [9.17, 15) is 35.7 Å². The highest BCUT2D eigenvalue weighted by Crippen LogP contribution is 2.73. The molecular weight excluding hydrogens is 1410 g/mol. The highest BCUT2D eigenvalue weighted by Gasteiger charge is 2.65. The number of fused-ring (bicyclic) bond motifs is 20. The second-order valence-corrected chi connectivity index (χ2v) is 49.5. The number of hydrogen-bond donors (Lipinski definition) is 7. The van der Waals surface area contributed by atoms with Gasteiger partial charge in [0.2, 0.25) is 0 Å². The van der Waals surface area contributed by atoms with E-state index >= 15 is 0 Å². The van der Waals surface area contributed by atoms with Crippen molar-refractivity contribution in [3.8, 4) is 0 Å². The molecule has 0 saturated heterocycles. The van der Waals surface area contributed by atoms with Gasteiger partial charge in [0.1, 0.15) is 0 Å². The van der Waals surface area contributed by atoms with Gasteiger partial charge in [0.05, 0.1) is 41.7 Å². The maximum absolute atomic E-state index is 11.6. The summed E-state index contributed by atoms with van der Waals surface area (Å²) in [5, 5.41) is 73.4. The van der Waals surface area contributed by atoms with Gasteiger partial charge in [0, 0.05) is 0 Å². The molecule has 7 nitrogen and oxygen atoms in total. The Morgan fingerprint density at radius 2 is 0.635 bits per heavy atom. The van der Waals surface area contributed by atoms with E-state index in [1.165, 1.54) is 186 Å². The van der Waals surface area contributed by atoms with Crippen LogP contribution in [0.3, 0.4) is 0 Å². The quantitative estimate of drug-likeness (QED) is 0.0602. The molecule has 0 heterocycles. The Morgan fingerprint density at radius 1 is 0.330 bits per heavy atom. The Balaban J connectivity index is 0.000000134. The topological polar surface area (TPSA) is 142 Å².